The summed E-state index contributed by atoms with van der Waals surface area (Å²) in [6.07, 6.45) is 4.61. The molecule has 25 heavy (non-hydrogen) atoms. The number of nitrogens with two attached hydrogens (primary N) is 1. The number of amides is 1. The van der Waals surface area contributed by atoms with Gasteiger partial charge in [0.25, 0.3) is 5.91 Å². The number of furan rings is 1. The Kier molecular flexibility index (Phi) is 7.87. The second-order valence-electron chi connectivity index (χ2n) is 6.37. The fraction of sp³-hybridized carbons (Fsp3) is 0.500. The zero-order valence-electron chi connectivity index (χ0n) is 14.3. The molecule has 2 aromatic rings. The number of hydrogen-bond acceptors (Lipinski definition) is 5. The molecule has 1 aliphatic heterocycles. The quantitative estimate of drug-likeness (QED) is 0.772. The van der Waals surface area contributed by atoms with Crippen LogP contribution < -0.4 is 5.73 Å². The van der Waals surface area contributed by atoms with E-state index < -0.39 is 0 Å². The van der Waals surface area contributed by atoms with Crippen molar-refractivity contribution < 1.29 is 9.21 Å². The fourth-order valence-electron chi connectivity index (χ4n) is 2.72. The standard InChI is InChI=1S/C16H22N4O2S.2ClH/c1-16(10-17)5-7-20(11-16)14(21)13-4-3-12(22-13)9-23-15-18-6-8-19(15)2;;/h3-4,6,8H,5,7,9-11,17H2,1-2H3;2*1H. The number of rotatable bonds is 5. The normalized spacial score (nSPS) is 19.4. The van der Waals surface area contributed by atoms with Crippen molar-refractivity contribution in [2.75, 3.05) is 19.6 Å². The Labute approximate surface area is 164 Å². The molecule has 1 saturated heterocycles. The molecule has 1 fully saturated rings. The van der Waals surface area contributed by atoms with Gasteiger partial charge in [-0.25, -0.2) is 4.98 Å². The summed E-state index contributed by atoms with van der Waals surface area (Å²) in [5, 5.41) is 0.924. The molecule has 6 nitrogen and oxygen atoms in total. The molecular formula is C16H24Cl2N4O2S. The van der Waals surface area contributed by atoms with E-state index in [1.165, 1.54) is 0 Å². The predicted octanol–water partition coefficient (Wildman–Crippen LogP) is 2.96. The van der Waals surface area contributed by atoms with E-state index in [1.807, 2.05) is 28.8 Å². The fourth-order valence-corrected chi connectivity index (χ4v) is 3.54. The van der Waals surface area contributed by atoms with Crippen LogP contribution in [0.1, 0.15) is 29.7 Å². The highest BCUT2D eigenvalue weighted by Crippen LogP contribution is 2.30. The molecule has 2 aromatic heterocycles. The molecule has 0 bridgehead atoms. The zero-order chi connectivity index (χ0) is 16.4. The first kappa shape index (κ1) is 21.9. The minimum atomic E-state index is -0.0459. The SMILES string of the molecule is Cl.Cl.Cn1ccnc1SCc1ccc(C(=O)N2CCC(C)(CN)C2)o1. The molecule has 3 rings (SSSR count). The lowest BCUT2D eigenvalue weighted by Gasteiger charge is -2.21. The number of hydrogen-bond donors (Lipinski definition) is 1. The number of carbonyl (C=O) groups excluding carboxylic acids is 1. The van der Waals surface area contributed by atoms with E-state index in [0.29, 0.717) is 24.6 Å². The van der Waals surface area contributed by atoms with Crippen molar-refractivity contribution in [3.05, 3.63) is 36.0 Å². The average molecular weight is 407 g/mol. The summed E-state index contributed by atoms with van der Waals surface area (Å²) < 4.78 is 7.67. The maximum atomic E-state index is 12.5. The van der Waals surface area contributed by atoms with Gasteiger partial charge in [0.1, 0.15) is 5.76 Å². The largest absolute Gasteiger partial charge is 0.455 e. The summed E-state index contributed by atoms with van der Waals surface area (Å²) in [7, 11) is 1.95. The second-order valence-corrected chi connectivity index (χ2v) is 7.31. The van der Waals surface area contributed by atoms with Crippen LogP contribution >= 0.6 is 36.6 Å². The van der Waals surface area contributed by atoms with E-state index in [2.05, 4.69) is 11.9 Å². The van der Waals surface area contributed by atoms with Gasteiger partial charge in [-0.1, -0.05) is 18.7 Å². The smallest absolute Gasteiger partial charge is 0.289 e. The lowest BCUT2D eigenvalue weighted by atomic mass is 9.90. The second kappa shape index (κ2) is 8.98. The highest BCUT2D eigenvalue weighted by molar-refractivity contribution is 7.98. The Balaban J connectivity index is 0.00000156. The monoisotopic (exact) mass is 406 g/mol. The Morgan fingerprint density at radius 2 is 2.20 bits per heavy atom. The molecule has 1 atom stereocenters. The first-order chi connectivity index (χ1) is 11.0. The van der Waals surface area contributed by atoms with Crippen molar-refractivity contribution in [1.82, 2.24) is 14.5 Å². The van der Waals surface area contributed by atoms with E-state index in [4.69, 9.17) is 10.2 Å². The van der Waals surface area contributed by atoms with E-state index >= 15 is 0 Å². The van der Waals surface area contributed by atoms with E-state index in [1.54, 1.807) is 24.0 Å². The zero-order valence-corrected chi connectivity index (χ0v) is 16.8. The summed E-state index contributed by atoms with van der Waals surface area (Å²) >= 11 is 1.58. The third-order valence-electron chi connectivity index (χ3n) is 4.33. The lowest BCUT2D eigenvalue weighted by molar-refractivity contribution is 0.0744. The van der Waals surface area contributed by atoms with Crippen LogP contribution in [0.2, 0.25) is 0 Å². The molecule has 0 radical (unpaired) electrons. The first-order valence-corrected chi connectivity index (χ1v) is 8.67. The minimum absolute atomic E-state index is 0. The number of likely N-dealkylation sites (tertiary alicyclic amines) is 1. The highest BCUT2D eigenvalue weighted by Gasteiger charge is 2.36. The number of thioether (sulfide) groups is 1. The molecule has 2 N–H and O–H groups in total. The van der Waals surface area contributed by atoms with Gasteiger partial charge in [-0.3, -0.25) is 4.79 Å². The number of halogens is 2. The van der Waals surface area contributed by atoms with Gasteiger partial charge in [0, 0.05) is 32.5 Å². The van der Waals surface area contributed by atoms with Gasteiger partial charge in [0.05, 0.1) is 5.75 Å². The summed E-state index contributed by atoms with van der Waals surface area (Å²) in [5.41, 5.74) is 5.83. The first-order valence-electron chi connectivity index (χ1n) is 7.69. The maximum Gasteiger partial charge on any atom is 0.289 e. The Morgan fingerprint density at radius 3 is 2.80 bits per heavy atom. The minimum Gasteiger partial charge on any atom is -0.455 e. The topological polar surface area (TPSA) is 77.3 Å². The Morgan fingerprint density at radius 1 is 1.44 bits per heavy atom. The van der Waals surface area contributed by atoms with E-state index in [-0.39, 0.29) is 36.1 Å². The van der Waals surface area contributed by atoms with Crippen LogP contribution in [-0.2, 0) is 12.8 Å². The molecule has 0 aliphatic carbocycles. The van der Waals surface area contributed by atoms with Gasteiger partial charge in [-0.05, 0) is 30.5 Å². The van der Waals surface area contributed by atoms with Gasteiger partial charge in [-0.2, -0.15) is 0 Å². The lowest BCUT2D eigenvalue weighted by Crippen LogP contribution is -2.34. The van der Waals surface area contributed by atoms with Crippen LogP contribution in [0.5, 0.6) is 0 Å². The van der Waals surface area contributed by atoms with Crippen molar-refractivity contribution in [2.45, 2.75) is 24.3 Å². The van der Waals surface area contributed by atoms with E-state index in [0.717, 1.165) is 23.9 Å². The summed E-state index contributed by atoms with van der Waals surface area (Å²) in [6, 6.07) is 3.62. The van der Waals surface area contributed by atoms with Gasteiger partial charge in [-0.15, -0.1) is 24.8 Å². The third kappa shape index (κ3) is 4.94. The van der Waals surface area contributed by atoms with Crippen LogP contribution in [0.15, 0.2) is 34.1 Å². The van der Waals surface area contributed by atoms with Crippen LogP contribution in [-0.4, -0.2) is 40.0 Å². The molecule has 1 unspecified atom stereocenters. The number of imidazole rings is 1. The molecule has 140 valence electrons. The van der Waals surface area contributed by atoms with Crippen molar-refractivity contribution in [3.8, 4) is 0 Å². The number of aromatic nitrogens is 2. The molecule has 0 aromatic carbocycles. The van der Waals surface area contributed by atoms with Gasteiger partial charge in [0.2, 0.25) is 0 Å². The Bertz CT molecular complexity index is 706. The number of aryl methyl sites for hydroxylation is 1. The molecule has 0 spiro atoms. The van der Waals surface area contributed by atoms with Gasteiger partial charge >= 0.3 is 0 Å². The average Bonchev–Trinajstić information content (AvgIpc) is 3.25. The number of carbonyl (C=O) groups is 1. The molecule has 3 heterocycles. The molecule has 1 aliphatic rings. The van der Waals surface area contributed by atoms with Crippen LogP contribution in [0.4, 0.5) is 0 Å². The maximum absolute atomic E-state index is 12.5. The predicted molar refractivity (Wildman–Crippen MR) is 104 cm³/mol. The molecule has 1 amide bonds. The Hall–Kier alpha value is -1.15. The summed E-state index contributed by atoms with van der Waals surface area (Å²) in [4.78, 5) is 18.6. The van der Waals surface area contributed by atoms with Crippen molar-refractivity contribution in [2.24, 2.45) is 18.2 Å². The van der Waals surface area contributed by atoms with Crippen LogP contribution in [0.25, 0.3) is 0 Å². The summed E-state index contributed by atoms with van der Waals surface area (Å²) in [5.74, 6) is 1.79. The van der Waals surface area contributed by atoms with Crippen molar-refractivity contribution in [1.29, 1.82) is 0 Å². The molecule has 0 saturated carbocycles. The van der Waals surface area contributed by atoms with Crippen molar-refractivity contribution in [3.63, 3.8) is 0 Å². The van der Waals surface area contributed by atoms with Gasteiger partial charge in [0.15, 0.2) is 10.9 Å². The third-order valence-corrected chi connectivity index (χ3v) is 5.41. The van der Waals surface area contributed by atoms with Crippen molar-refractivity contribution >= 4 is 42.5 Å². The van der Waals surface area contributed by atoms with E-state index in [9.17, 15) is 4.79 Å². The van der Waals surface area contributed by atoms with Gasteiger partial charge < -0.3 is 19.6 Å². The highest BCUT2D eigenvalue weighted by atomic mass is 35.5. The number of nitrogens with zero attached hydrogens (tertiary/aromatic N) is 3. The van der Waals surface area contributed by atoms with Crippen LogP contribution in [0.3, 0.4) is 0 Å². The molecule has 9 heteroatoms. The molecular weight excluding hydrogens is 383 g/mol. The summed E-state index contributed by atoms with van der Waals surface area (Å²) in [6.45, 7) is 4.16. The van der Waals surface area contributed by atoms with Crippen LogP contribution in [0, 0.1) is 5.41 Å².